The molecule has 290 valence electrons. The van der Waals surface area contributed by atoms with Gasteiger partial charge in [-0.1, -0.05) is 165 Å². The lowest BCUT2D eigenvalue weighted by atomic mass is 9.97. The number of rotatable bonds is 8. The summed E-state index contributed by atoms with van der Waals surface area (Å²) < 4.78 is 0. The van der Waals surface area contributed by atoms with Crippen LogP contribution in [0.5, 0.6) is 0 Å². The van der Waals surface area contributed by atoms with Gasteiger partial charge in [0.15, 0.2) is 5.82 Å². The average molecular weight is 785 g/mol. The van der Waals surface area contributed by atoms with E-state index in [1.807, 2.05) is 42.5 Å². The zero-order valence-corrected chi connectivity index (χ0v) is 33.6. The maximum atomic E-state index is 5.35. The van der Waals surface area contributed by atoms with Gasteiger partial charge in [-0.15, -0.1) is 0 Å². The Balaban J connectivity index is 0.978. The first-order valence-electron chi connectivity index (χ1n) is 20.8. The molecule has 0 spiro atoms. The number of pyridine rings is 2. The van der Waals surface area contributed by atoms with Crippen LogP contribution in [0.15, 0.2) is 200 Å². The van der Waals surface area contributed by atoms with Gasteiger partial charge in [-0.25, -0.2) is 19.9 Å². The monoisotopic (exact) mass is 784 g/mol. The zero-order chi connectivity index (χ0) is 40.7. The molecule has 0 amide bonds. The van der Waals surface area contributed by atoms with Crippen LogP contribution in [0.3, 0.4) is 0 Å². The standard InChI is InChI=1S/C55H40N6/c1-2-51-60-54-50(61(51)42-19-10-5-11-20-42)34-33-44-43-21-12-13-22-46(43)57-53(52(44)54)41-31-29-39(30-32-41)45-23-14-24-47(56-45)55-58-48(38-17-8-4-9-18-38)35-49(59-55)40-27-25-37(26-28-40)36-15-6-3-7-16-36/h3-35,51,60H,2H2,1H3. The van der Waals surface area contributed by atoms with Crippen LogP contribution < -0.4 is 10.2 Å². The Morgan fingerprint density at radius 3 is 1.70 bits per heavy atom. The largest absolute Gasteiger partial charge is 0.363 e. The lowest BCUT2D eigenvalue weighted by Gasteiger charge is -2.26. The zero-order valence-electron chi connectivity index (χ0n) is 33.6. The molecular formula is C55H40N6. The number of anilines is 3. The SMILES string of the molecule is CCC1Nc2c(ccc3c2c(-c2ccc(-c4cccc(-c5nc(-c6ccccc6)cc(-c6ccc(-c7ccccc7)cc6)n5)n4)cc2)nc2ccccc23)N1c1ccccc1. The molecule has 6 heteroatoms. The molecule has 1 atom stereocenters. The van der Waals surface area contributed by atoms with Gasteiger partial charge in [0, 0.05) is 38.7 Å². The van der Waals surface area contributed by atoms with Gasteiger partial charge in [0.1, 0.15) is 11.9 Å². The van der Waals surface area contributed by atoms with Gasteiger partial charge in [-0.3, -0.25) is 0 Å². The molecule has 1 unspecified atom stereocenters. The van der Waals surface area contributed by atoms with Crippen molar-refractivity contribution in [2.45, 2.75) is 19.5 Å². The van der Waals surface area contributed by atoms with Crippen molar-refractivity contribution in [3.8, 4) is 67.7 Å². The summed E-state index contributed by atoms with van der Waals surface area (Å²) in [7, 11) is 0. The van der Waals surface area contributed by atoms with Crippen LogP contribution in [0.25, 0.3) is 89.4 Å². The highest BCUT2D eigenvalue weighted by molar-refractivity contribution is 6.18. The summed E-state index contributed by atoms with van der Waals surface area (Å²) in [6.07, 6.45) is 1.06. The van der Waals surface area contributed by atoms with Crippen LogP contribution in [0.2, 0.25) is 0 Å². The van der Waals surface area contributed by atoms with E-state index in [0.717, 1.165) is 84.7 Å². The molecule has 7 aromatic carbocycles. The van der Waals surface area contributed by atoms with Crippen LogP contribution >= 0.6 is 0 Å². The average Bonchev–Trinajstić information content (AvgIpc) is 3.74. The normalized spacial score (nSPS) is 13.3. The summed E-state index contributed by atoms with van der Waals surface area (Å²) in [5.74, 6) is 0.574. The summed E-state index contributed by atoms with van der Waals surface area (Å²) in [6, 6.07) is 69.6. The molecule has 0 aliphatic carbocycles. The fourth-order valence-electron chi connectivity index (χ4n) is 8.63. The van der Waals surface area contributed by atoms with E-state index in [0.29, 0.717) is 11.5 Å². The summed E-state index contributed by atoms with van der Waals surface area (Å²) in [5, 5.41) is 7.36. The van der Waals surface area contributed by atoms with E-state index in [2.05, 4.69) is 175 Å². The number of para-hydroxylation sites is 2. The molecule has 1 N–H and O–H groups in total. The highest BCUT2D eigenvalue weighted by Crippen LogP contribution is 2.48. The number of nitrogens with zero attached hydrogens (tertiary/aromatic N) is 5. The van der Waals surface area contributed by atoms with Crippen molar-refractivity contribution in [2.24, 2.45) is 0 Å². The number of aromatic nitrogens is 4. The van der Waals surface area contributed by atoms with Gasteiger partial charge in [0.25, 0.3) is 0 Å². The lowest BCUT2D eigenvalue weighted by molar-refractivity contribution is 0.728. The van der Waals surface area contributed by atoms with E-state index in [1.54, 1.807) is 0 Å². The van der Waals surface area contributed by atoms with E-state index < -0.39 is 0 Å². The second kappa shape index (κ2) is 15.3. The minimum absolute atomic E-state index is 0.122. The van der Waals surface area contributed by atoms with Crippen molar-refractivity contribution in [3.05, 3.63) is 200 Å². The summed E-state index contributed by atoms with van der Waals surface area (Å²) in [4.78, 5) is 23.1. The Kier molecular flexibility index (Phi) is 9.08. The molecule has 6 nitrogen and oxygen atoms in total. The highest BCUT2D eigenvalue weighted by atomic mass is 15.3. The van der Waals surface area contributed by atoms with E-state index in [-0.39, 0.29) is 6.17 Å². The number of hydrogen-bond acceptors (Lipinski definition) is 6. The third-order valence-corrected chi connectivity index (χ3v) is 11.7. The topological polar surface area (TPSA) is 66.8 Å². The van der Waals surface area contributed by atoms with Crippen molar-refractivity contribution < 1.29 is 0 Å². The van der Waals surface area contributed by atoms with Gasteiger partial charge in [-0.2, -0.15) is 0 Å². The smallest absolute Gasteiger partial charge is 0.179 e. The van der Waals surface area contributed by atoms with Gasteiger partial charge in [0.2, 0.25) is 0 Å². The van der Waals surface area contributed by atoms with Gasteiger partial charge < -0.3 is 10.2 Å². The molecule has 0 saturated heterocycles. The number of fused-ring (bicyclic) bond motifs is 5. The number of hydrogen-bond donors (Lipinski definition) is 1. The van der Waals surface area contributed by atoms with Crippen LogP contribution in [-0.4, -0.2) is 26.1 Å². The molecular weight excluding hydrogens is 745 g/mol. The van der Waals surface area contributed by atoms with E-state index in [4.69, 9.17) is 19.9 Å². The predicted octanol–water partition coefficient (Wildman–Crippen LogP) is 13.9. The number of benzene rings is 7. The molecule has 0 bridgehead atoms. The van der Waals surface area contributed by atoms with E-state index in [9.17, 15) is 0 Å². The van der Waals surface area contributed by atoms with Gasteiger partial charge in [-0.05, 0) is 65.4 Å². The summed E-state index contributed by atoms with van der Waals surface area (Å²) in [6.45, 7) is 2.23. The van der Waals surface area contributed by atoms with Crippen LogP contribution in [-0.2, 0) is 0 Å². The Hall–Kier alpha value is -7.96. The highest BCUT2D eigenvalue weighted by Gasteiger charge is 2.31. The number of nitrogens with one attached hydrogen (secondary N) is 1. The second-order valence-electron chi connectivity index (χ2n) is 15.4. The molecule has 0 radical (unpaired) electrons. The maximum absolute atomic E-state index is 5.35. The Morgan fingerprint density at radius 2 is 1.00 bits per heavy atom. The first-order valence-corrected chi connectivity index (χ1v) is 20.8. The van der Waals surface area contributed by atoms with E-state index in [1.165, 1.54) is 16.6 Å². The minimum atomic E-state index is 0.122. The Bertz CT molecular complexity index is 3190. The molecule has 4 heterocycles. The third-order valence-electron chi connectivity index (χ3n) is 11.7. The first-order chi connectivity index (χ1) is 30.2. The molecule has 3 aromatic heterocycles. The van der Waals surface area contributed by atoms with Crippen molar-refractivity contribution in [3.63, 3.8) is 0 Å². The maximum Gasteiger partial charge on any atom is 0.179 e. The van der Waals surface area contributed by atoms with Crippen LogP contribution in [0, 0.1) is 0 Å². The second-order valence-corrected chi connectivity index (χ2v) is 15.4. The fourth-order valence-corrected chi connectivity index (χ4v) is 8.63. The van der Waals surface area contributed by atoms with Crippen molar-refractivity contribution in [1.29, 1.82) is 0 Å². The molecule has 0 saturated carbocycles. The van der Waals surface area contributed by atoms with Crippen molar-refractivity contribution in [2.75, 3.05) is 10.2 Å². The summed E-state index contributed by atoms with van der Waals surface area (Å²) >= 11 is 0. The minimum Gasteiger partial charge on any atom is -0.363 e. The van der Waals surface area contributed by atoms with E-state index >= 15 is 0 Å². The molecule has 11 rings (SSSR count). The molecule has 61 heavy (non-hydrogen) atoms. The lowest BCUT2D eigenvalue weighted by Crippen LogP contribution is -2.30. The molecule has 10 aromatic rings. The van der Waals surface area contributed by atoms with Gasteiger partial charge in [0.05, 0.1) is 39.7 Å². The molecule has 1 aliphatic heterocycles. The van der Waals surface area contributed by atoms with Crippen LogP contribution in [0.1, 0.15) is 13.3 Å². The Morgan fingerprint density at radius 1 is 0.443 bits per heavy atom. The first kappa shape index (κ1) is 36.1. The predicted molar refractivity (Wildman–Crippen MR) is 252 cm³/mol. The van der Waals surface area contributed by atoms with Crippen molar-refractivity contribution >= 4 is 38.7 Å². The van der Waals surface area contributed by atoms with Crippen LogP contribution in [0.4, 0.5) is 17.1 Å². The van der Waals surface area contributed by atoms with Gasteiger partial charge >= 0.3 is 0 Å². The Labute approximate surface area is 354 Å². The molecule has 0 fully saturated rings. The fraction of sp³-hybridized carbons (Fsp3) is 0.0545. The van der Waals surface area contributed by atoms with Crippen molar-refractivity contribution in [1.82, 2.24) is 19.9 Å². The molecule has 1 aliphatic rings. The summed E-state index contributed by atoms with van der Waals surface area (Å²) in [5.41, 5.74) is 15.0. The third kappa shape index (κ3) is 6.64. The quantitative estimate of drug-likeness (QED) is 0.155.